The molecule has 1 atom stereocenters. The summed E-state index contributed by atoms with van der Waals surface area (Å²) >= 11 is 5.82. The maximum Gasteiger partial charge on any atom is 0.252 e. The fraction of sp³-hybridized carbons (Fsp3) is 0.364. The second kappa shape index (κ2) is 5.01. The number of hydrogen-bond donors (Lipinski definition) is 1. The van der Waals surface area contributed by atoms with Gasteiger partial charge in [-0.15, -0.1) is 0 Å². The SMILES string of the molecule is CCC(Cl)NC(=O)c1cccc(C)c1. The number of alkyl halides is 1. The van der Waals surface area contributed by atoms with E-state index < -0.39 is 0 Å². The van der Waals surface area contributed by atoms with E-state index in [0.717, 1.165) is 12.0 Å². The summed E-state index contributed by atoms with van der Waals surface area (Å²) in [6.07, 6.45) is 0.721. The number of carbonyl (C=O) groups excluding carboxylic acids is 1. The van der Waals surface area contributed by atoms with Gasteiger partial charge < -0.3 is 5.32 Å². The average molecular weight is 212 g/mol. The molecule has 0 radical (unpaired) electrons. The van der Waals surface area contributed by atoms with Crippen LogP contribution in [0.25, 0.3) is 0 Å². The number of aryl methyl sites for hydroxylation is 1. The molecule has 0 heterocycles. The molecule has 1 N–H and O–H groups in total. The van der Waals surface area contributed by atoms with Gasteiger partial charge in [-0.2, -0.15) is 0 Å². The summed E-state index contributed by atoms with van der Waals surface area (Å²) in [6, 6.07) is 7.43. The van der Waals surface area contributed by atoms with Crippen molar-refractivity contribution in [3.63, 3.8) is 0 Å². The van der Waals surface area contributed by atoms with Crippen LogP contribution in [-0.2, 0) is 0 Å². The lowest BCUT2D eigenvalue weighted by Crippen LogP contribution is -2.30. The highest BCUT2D eigenvalue weighted by Crippen LogP contribution is 2.05. The molecule has 1 rings (SSSR count). The Kier molecular flexibility index (Phi) is 3.96. The molecule has 0 spiro atoms. The third-order valence-electron chi connectivity index (χ3n) is 1.93. The highest BCUT2D eigenvalue weighted by atomic mass is 35.5. The van der Waals surface area contributed by atoms with E-state index in [9.17, 15) is 4.79 Å². The molecule has 0 fully saturated rings. The van der Waals surface area contributed by atoms with Crippen LogP contribution in [0.15, 0.2) is 24.3 Å². The van der Waals surface area contributed by atoms with Gasteiger partial charge in [0, 0.05) is 5.56 Å². The van der Waals surface area contributed by atoms with Crippen LogP contribution in [0, 0.1) is 6.92 Å². The molecule has 76 valence electrons. The summed E-state index contributed by atoms with van der Waals surface area (Å²) in [4.78, 5) is 11.6. The minimum Gasteiger partial charge on any atom is -0.336 e. The Hall–Kier alpha value is -1.02. The lowest BCUT2D eigenvalue weighted by atomic mass is 10.1. The van der Waals surface area contributed by atoms with Crippen LogP contribution in [0.4, 0.5) is 0 Å². The topological polar surface area (TPSA) is 29.1 Å². The smallest absolute Gasteiger partial charge is 0.252 e. The number of halogens is 1. The molecule has 0 aliphatic heterocycles. The van der Waals surface area contributed by atoms with E-state index in [-0.39, 0.29) is 11.4 Å². The Balaban J connectivity index is 2.70. The number of rotatable bonds is 3. The Morgan fingerprint density at radius 1 is 1.57 bits per heavy atom. The zero-order valence-corrected chi connectivity index (χ0v) is 9.14. The van der Waals surface area contributed by atoms with Gasteiger partial charge in [0.1, 0.15) is 5.50 Å². The van der Waals surface area contributed by atoms with E-state index in [1.807, 2.05) is 32.0 Å². The van der Waals surface area contributed by atoms with Crippen LogP contribution in [0.2, 0.25) is 0 Å². The Labute approximate surface area is 89.3 Å². The van der Waals surface area contributed by atoms with E-state index in [1.165, 1.54) is 0 Å². The Morgan fingerprint density at radius 2 is 2.29 bits per heavy atom. The fourth-order valence-electron chi connectivity index (χ4n) is 1.11. The van der Waals surface area contributed by atoms with Gasteiger partial charge in [0.2, 0.25) is 0 Å². The molecule has 0 aliphatic rings. The Bertz CT molecular complexity index is 325. The zero-order chi connectivity index (χ0) is 10.6. The van der Waals surface area contributed by atoms with E-state index in [1.54, 1.807) is 6.07 Å². The Morgan fingerprint density at radius 3 is 2.86 bits per heavy atom. The molecule has 14 heavy (non-hydrogen) atoms. The minimum atomic E-state index is -0.289. The van der Waals surface area contributed by atoms with Crippen molar-refractivity contribution in [2.45, 2.75) is 25.8 Å². The van der Waals surface area contributed by atoms with Crippen LogP contribution in [0.1, 0.15) is 29.3 Å². The number of carbonyl (C=O) groups is 1. The predicted octanol–water partition coefficient (Wildman–Crippen LogP) is 2.70. The van der Waals surface area contributed by atoms with Crippen molar-refractivity contribution in [2.75, 3.05) is 0 Å². The normalized spacial score (nSPS) is 12.2. The van der Waals surface area contributed by atoms with E-state index in [2.05, 4.69) is 5.32 Å². The van der Waals surface area contributed by atoms with Crippen molar-refractivity contribution in [2.24, 2.45) is 0 Å². The second-order valence-corrected chi connectivity index (χ2v) is 3.75. The minimum absolute atomic E-state index is 0.115. The van der Waals surface area contributed by atoms with Gasteiger partial charge in [0.25, 0.3) is 5.91 Å². The molecule has 2 nitrogen and oxygen atoms in total. The van der Waals surface area contributed by atoms with Crippen LogP contribution in [-0.4, -0.2) is 11.4 Å². The van der Waals surface area contributed by atoms with Crippen molar-refractivity contribution >= 4 is 17.5 Å². The summed E-state index contributed by atoms with van der Waals surface area (Å²) in [5.41, 5.74) is 1.44. The largest absolute Gasteiger partial charge is 0.336 e. The lowest BCUT2D eigenvalue weighted by Gasteiger charge is -2.09. The van der Waals surface area contributed by atoms with Gasteiger partial charge in [0.15, 0.2) is 0 Å². The molecule has 3 heteroatoms. The number of nitrogens with one attached hydrogen (secondary N) is 1. The monoisotopic (exact) mass is 211 g/mol. The first-order chi connectivity index (χ1) is 6.63. The lowest BCUT2D eigenvalue weighted by molar-refractivity contribution is 0.0948. The molecule has 1 aromatic carbocycles. The van der Waals surface area contributed by atoms with Crippen LogP contribution < -0.4 is 5.32 Å². The number of amides is 1. The average Bonchev–Trinajstić information content (AvgIpc) is 2.17. The molecular formula is C11H14ClNO. The fourth-order valence-corrected chi connectivity index (χ4v) is 1.21. The number of hydrogen-bond acceptors (Lipinski definition) is 1. The first-order valence-electron chi connectivity index (χ1n) is 4.65. The van der Waals surface area contributed by atoms with Gasteiger partial charge >= 0.3 is 0 Å². The summed E-state index contributed by atoms with van der Waals surface area (Å²) in [5.74, 6) is -0.115. The molecule has 0 bridgehead atoms. The van der Waals surface area contributed by atoms with Crippen molar-refractivity contribution in [3.05, 3.63) is 35.4 Å². The van der Waals surface area contributed by atoms with Crippen molar-refractivity contribution in [3.8, 4) is 0 Å². The zero-order valence-electron chi connectivity index (χ0n) is 8.38. The molecule has 0 saturated carbocycles. The van der Waals surface area contributed by atoms with E-state index >= 15 is 0 Å². The first-order valence-corrected chi connectivity index (χ1v) is 5.08. The van der Waals surface area contributed by atoms with Crippen LogP contribution in [0.5, 0.6) is 0 Å². The molecular weight excluding hydrogens is 198 g/mol. The van der Waals surface area contributed by atoms with Crippen LogP contribution >= 0.6 is 11.6 Å². The van der Waals surface area contributed by atoms with Gasteiger partial charge in [0.05, 0.1) is 0 Å². The van der Waals surface area contributed by atoms with E-state index in [0.29, 0.717) is 5.56 Å². The van der Waals surface area contributed by atoms with Crippen molar-refractivity contribution < 1.29 is 4.79 Å². The summed E-state index contributed by atoms with van der Waals surface area (Å²) in [5, 5.41) is 2.70. The van der Waals surface area contributed by atoms with E-state index in [4.69, 9.17) is 11.6 Å². The van der Waals surface area contributed by atoms with Crippen molar-refractivity contribution in [1.82, 2.24) is 5.32 Å². The summed E-state index contributed by atoms with van der Waals surface area (Å²) in [7, 11) is 0. The van der Waals surface area contributed by atoms with Gasteiger partial charge in [-0.1, -0.05) is 36.2 Å². The first kappa shape index (κ1) is 11.1. The quantitative estimate of drug-likeness (QED) is 0.605. The second-order valence-electron chi connectivity index (χ2n) is 3.22. The molecule has 1 unspecified atom stereocenters. The molecule has 1 amide bonds. The summed E-state index contributed by atoms with van der Waals surface area (Å²) < 4.78 is 0. The highest BCUT2D eigenvalue weighted by molar-refractivity contribution is 6.21. The maximum atomic E-state index is 11.6. The van der Waals surface area contributed by atoms with Gasteiger partial charge in [-0.05, 0) is 25.5 Å². The molecule has 0 aromatic heterocycles. The summed E-state index contributed by atoms with van der Waals surface area (Å²) in [6.45, 7) is 3.88. The van der Waals surface area contributed by atoms with Crippen molar-refractivity contribution in [1.29, 1.82) is 0 Å². The predicted molar refractivity (Wildman–Crippen MR) is 58.6 cm³/mol. The highest BCUT2D eigenvalue weighted by Gasteiger charge is 2.08. The molecule has 1 aromatic rings. The maximum absolute atomic E-state index is 11.6. The van der Waals surface area contributed by atoms with Gasteiger partial charge in [-0.3, -0.25) is 4.79 Å². The molecule has 0 aliphatic carbocycles. The third-order valence-corrected chi connectivity index (χ3v) is 2.34. The number of benzene rings is 1. The third kappa shape index (κ3) is 3.04. The molecule has 0 saturated heterocycles. The van der Waals surface area contributed by atoms with Gasteiger partial charge in [-0.25, -0.2) is 0 Å². The van der Waals surface area contributed by atoms with Crippen LogP contribution in [0.3, 0.4) is 0 Å². The standard InChI is InChI=1S/C11H14ClNO/c1-3-10(12)13-11(14)9-6-4-5-8(2)7-9/h4-7,10H,3H2,1-2H3,(H,13,14).